The molecular formula is C11H13NO. The van der Waals surface area contributed by atoms with E-state index in [9.17, 15) is 4.79 Å². The Labute approximate surface area is 78.1 Å². The third kappa shape index (κ3) is 1.94. The standard InChI is InChI=1S/C11H13NO/c13-11-8-4-3-7-10(11)12-9-5-1-2-6-9/h3-4,7-9H,1-2,5-6H2/b12-10-. The van der Waals surface area contributed by atoms with Crippen LogP contribution in [0.5, 0.6) is 0 Å². The van der Waals surface area contributed by atoms with Gasteiger partial charge in [-0.1, -0.05) is 25.0 Å². The van der Waals surface area contributed by atoms with Crippen molar-refractivity contribution in [1.29, 1.82) is 0 Å². The summed E-state index contributed by atoms with van der Waals surface area (Å²) in [5, 5.41) is 0. The minimum Gasteiger partial charge on any atom is -0.288 e. The fourth-order valence-corrected chi connectivity index (χ4v) is 1.79. The van der Waals surface area contributed by atoms with Gasteiger partial charge < -0.3 is 0 Å². The Bertz CT molecular complexity index is 293. The molecule has 0 bridgehead atoms. The van der Waals surface area contributed by atoms with Gasteiger partial charge in [-0.3, -0.25) is 9.79 Å². The van der Waals surface area contributed by atoms with E-state index in [0.717, 1.165) is 12.8 Å². The minimum absolute atomic E-state index is 0.0504. The summed E-state index contributed by atoms with van der Waals surface area (Å²) in [6.45, 7) is 0. The van der Waals surface area contributed by atoms with E-state index in [1.54, 1.807) is 18.2 Å². The quantitative estimate of drug-likeness (QED) is 0.561. The largest absolute Gasteiger partial charge is 0.288 e. The van der Waals surface area contributed by atoms with Crippen LogP contribution in [-0.2, 0) is 4.79 Å². The van der Waals surface area contributed by atoms with Gasteiger partial charge in [-0.05, 0) is 25.0 Å². The summed E-state index contributed by atoms with van der Waals surface area (Å²) in [5.74, 6) is 0.0504. The zero-order valence-electron chi connectivity index (χ0n) is 7.57. The first-order valence-electron chi connectivity index (χ1n) is 4.83. The zero-order valence-corrected chi connectivity index (χ0v) is 7.57. The molecule has 0 atom stereocenters. The van der Waals surface area contributed by atoms with Crippen molar-refractivity contribution in [3.8, 4) is 0 Å². The summed E-state index contributed by atoms with van der Waals surface area (Å²) < 4.78 is 0. The average Bonchev–Trinajstić information content (AvgIpc) is 2.61. The topological polar surface area (TPSA) is 29.4 Å². The van der Waals surface area contributed by atoms with Crippen molar-refractivity contribution in [2.75, 3.05) is 0 Å². The van der Waals surface area contributed by atoms with Crippen LogP contribution in [0.3, 0.4) is 0 Å². The molecule has 0 aromatic rings. The second-order valence-electron chi connectivity index (χ2n) is 3.54. The fraction of sp³-hybridized carbons (Fsp3) is 0.455. The summed E-state index contributed by atoms with van der Waals surface area (Å²) in [7, 11) is 0. The molecule has 0 radical (unpaired) electrons. The van der Waals surface area contributed by atoms with Crippen LogP contribution >= 0.6 is 0 Å². The molecule has 0 unspecified atom stereocenters. The van der Waals surface area contributed by atoms with Crippen LogP contribution < -0.4 is 0 Å². The third-order valence-electron chi connectivity index (χ3n) is 2.51. The van der Waals surface area contributed by atoms with E-state index < -0.39 is 0 Å². The molecule has 2 nitrogen and oxygen atoms in total. The highest BCUT2D eigenvalue weighted by Gasteiger charge is 2.16. The van der Waals surface area contributed by atoms with Gasteiger partial charge in [0.2, 0.25) is 5.78 Å². The molecule has 2 heteroatoms. The van der Waals surface area contributed by atoms with E-state index in [4.69, 9.17) is 0 Å². The molecule has 0 spiro atoms. The smallest absolute Gasteiger partial charge is 0.203 e. The van der Waals surface area contributed by atoms with Crippen molar-refractivity contribution in [1.82, 2.24) is 0 Å². The van der Waals surface area contributed by atoms with Crippen LogP contribution in [0.1, 0.15) is 25.7 Å². The second kappa shape index (κ2) is 3.69. The number of carbonyl (C=O) groups is 1. The predicted molar refractivity (Wildman–Crippen MR) is 53.0 cm³/mol. The molecule has 0 aliphatic heterocycles. The highest BCUT2D eigenvalue weighted by atomic mass is 16.1. The number of carbonyl (C=O) groups excluding carboxylic acids is 1. The molecule has 2 aliphatic rings. The predicted octanol–water partition coefficient (Wildman–Crippen LogP) is 2.07. The van der Waals surface area contributed by atoms with E-state index in [1.165, 1.54) is 12.8 Å². The van der Waals surface area contributed by atoms with Gasteiger partial charge in [-0.2, -0.15) is 0 Å². The molecule has 1 saturated carbocycles. The Balaban J connectivity index is 2.10. The number of hydrogen-bond donors (Lipinski definition) is 0. The van der Waals surface area contributed by atoms with E-state index in [2.05, 4.69) is 4.99 Å². The van der Waals surface area contributed by atoms with Crippen LogP contribution in [0.2, 0.25) is 0 Å². The molecule has 0 N–H and O–H groups in total. The maximum absolute atomic E-state index is 11.3. The van der Waals surface area contributed by atoms with Crippen molar-refractivity contribution in [3.63, 3.8) is 0 Å². The van der Waals surface area contributed by atoms with Crippen LogP contribution in [0.4, 0.5) is 0 Å². The molecular weight excluding hydrogens is 162 g/mol. The van der Waals surface area contributed by atoms with Crippen LogP contribution in [0.15, 0.2) is 29.3 Å². The highest BCUT2D eigenvalue weighted by molar-refractivity contribution is 6.48. The van der Waals surface area contributed by atoms with Crippen LogP contribution in [-0.4, -0.2) is 17.5 Å². The summed E-state index contributed by atoms with van der Waals surface area (Å²) in [5.41, 5.74) is 0.634. The molecule has 13 heavy (non-hydrogen) atoms. The normalized spacial score (nSPS) is 26.2. The van der Waals surface area contributed by atoms with Crippen molar-refractivity contribution >= 4 is 11.5 Å². The summed E-state index contributed by atoms with van der Waals surface area (Å²) in [6.07, 6.45) is 11.8. The van der Waals surface area contributed by atoms with E-state index in [-0.39, 0.29) is 5.78 Å². The van der Waals surface area contributed by atoms with Crippen molar-refractivity contribution in [3.05, 3.63) is 24.3 Å². The Morgan fingerprint density at radius 1 is 1.15 bits per heavy atom. The summed E-state index contributed by atoms with van der Waals surface area (Å²) in [6, 6.07) is 0.398. The lowest BCUT2D eigenvalue weighted by atomic mass is 10.1. The Hall–Kier alpha value is -1.18. The highest BCUT2D eigenvalue weighted by Crippen LogP contribution is 2.21. The average molecular weight is 175 g/mol. The van der Waals surface area contributed by atoms with Gasteiger partial charge in [0.05, 0.1) is 6.04 Å². The number of allylic oxidation sites excluding steroid dienone is 4. The van der Waals surface area contributed by atoms with Crippen LogP contribution in [0, 0.1) is 0 Å². The van der Waals surface area contributed by atoms with Crippen molar-refractivity contribution in [2.45, 2.75) is 31.7 Å². The SMILES string of the molecule is O=C1C=CC=C/C1=N/C1CCCC1. The second-order valence-corrected chi connectivity index (χ2v) is 3.54. The summed E-state index contributed by atoms with van der Waals surface area (Å²) in [4.78, 5) is 15.8. The molecule has 1 fully saturated rings. The van der Waals surface area contributed by atoms with E-state index in [0.29, 0.717) is 11.8 Å². The van der Waals surface area contributed by atoms with Gasteiger partial charge in [-0.25, -0.2) is 0 Å². The number of rotatable bonds is 1. The zero-order chi connectivity index (χ0) is 9.10. The lowest BCUT2D eigenvalue weighted by Gasteiger charge is -2.05. The Morgan fingerprint density at radius 2 is 1.85 bits per heavy atom. The molecule has 68 valence electrons. The van der Waals surface area contributed by atoms with Crippen molar-refractivity contribution in [2.24, 2.45) is 4.99 Å². The van der Waals surface area contributed by atoms with Gasteiger partial charge >= 0.3 is 0 Å². The number of aliphatic imine (C=N–C) groups is 1. The van der Waals surface area contributed by atoms with E-state index >= 15 is 0 Å². The van der Waals surface area contributed by atoms with Gasteiger partial charge in [0.15, 0.2) is 0 Å². The lowest BCUT2D eigenvalue weighted by Crippen LogP contribution is -2.13. The first kappa shape index (κ1) is 8.42. The number of hydrogen-bond acceptors (Lipinski definition) is 2. The molecule has 0 aromatic heterocycles. The molecule has 0 amide bonds. The number of nitrogens with zero attached hydrogens (tertiary/aromatic N) is 1. The molecule has 0 heterocycles. The van der Waals surface area contributed by atoms with Crippen LogP contribution in [0.25, 0.3) is 0 Å². The molecule has 0 aromatic carbocycles. The molecule has 2 rings (SSSR count). The van der Waals surface area contributed by atoms with E-state index in [1.807, 2.05) is 6.08 Å². The lowest BCUT2D eigenvalue weighted by molar-refractivity contribution is -0.108. The first-order valence-corrected chi connectivity index (χ1v) is 4.83. The molecule has 0 saturated heterocycles. The van der Waals surface area contributed by atoms with Gasteiger partial charge in [0.25, 0.3) is 0 Å². The Kier molecular flexibility index (Phi) is 2.39. The Morgan fingerprint density at radius 3 is 2.54 bits per heavy atom. The maximum atomic E-state index is 11.3. The van der Waals surface area contributed by atoms with Gasteiger partial charge in [-0.15, -0.1) is 0 Å². The van der Waals surface area contributed by atoms with Crippen molar-refractivity contribution < 1.29 is 4.79 Å². The fourth-order valence-electron chi connectivity index (χ4n) is 1.79. The van der Waals surface area contributed by atoms with Gasteiger partial charge in [0.1, 0.15) is 5.71 Å². The first-order chi connectivity index (χ1) is 6.36. The molecule has 2 aliphatic carbocycles. The third-order valence-corrected chi connectivity index (χ3v) is 2.51. The minimum atomic E-state index is 0.0504. The number of ketones is 1. The maximum Gasteiger partial charge on any atom is 0.203 e. The van der Waals surface area contributed by atoms with Gasteiger partial charge in [0, 0.05) is 0 Å². The monoisotopic (exact) mass is 175 g/mol. The summed E-state index contributed by atoms with van der Waals surface area (Å²) >= 11 is 0.